The maximum atomic E-state index is 11.6. The van der Waals surface area contributed by atoms with Gasteiger partial charge in [0, 0.05) is 0 Å². The Kier molecular flexibility index (Phi) is 8.18. The molecule has 6 heteroatoms. The average molecular weight is 337 g/mol. The lowest BCUT2D eigenvalue weighted by Crippen LogP contribution is -2.49. The molecule has 0 aromatic heterocycles. The van der Waals surface area contributed by atoms with E-state index in [4.69, 9.17) is 14.6 Å². The second-order valence-electron chi connectivity index (χ2n) is 5.87. The van der Waals surface area contributed by atoms with Crippen LogP contribution in [0.5, 0.6) is 0 Å². The van der Waals surface area contributed by atoms with Crippen molar-refractivity contribution in [3.05, 3.63) is 35.9 Å². The van der Waals surface area contributed by atoms with Gasteiger partial charge in [0.05, 0.1) is 13.7 Å². The molecule has 0 spiro atoms. The Bertz CT molecular complexity index is 482. The Morgan fingerprint density at radius 3 is 2.58 bits per heavy atom. The number of hydrogen-bond acceptors (Lipinski definition) is 6. The van der Waals surface area contributed by atoms with E-state index < -0.39 is 12.3 Å². The van der Waals surface area contributed by atoms with Gasteiger partial charge in [0.15, 0.2) is 6.23 Å². The third-order valence-corrected chi connectivity index (χ3v) is 3.94. The molecule has 1 aliphatic heterocycles. The standard InChI is InChI=1S/C18H27NO5/c1-3-4-5-6-10-13-16-19(14-15-11-8-7-9-12-15)22-18(24-23-16)17(20)21-2/h7-9,11-12,16,18H,3-6,10,13-14H2,1-2H3. The number of esters is 1. The summed E-state index contributed by atoms with van der Waals surface area (Å²) >= 11 is 0. The van der Waals surface area contributed by atoms with Crippen molar-refractivity contribution in [2.45, 2.75) is 64.5 Å². The molecule has 1 aromatic rings. The number of unbranched alkanes of at least 4 members (excludes halogenated alkanes) is 4. The topological polar surface area (TPSA) is 57.2 Å². The Morgan fingerprint density at radius 2 is 1.88 bits per heavy atom. The predicted molar refractivity (Wildman–Crippen MR) is 88.2 cm³/mol. The minimum absolute atomic E-state index is 0.340. The Hall–Kier alpha value is -1.47. The SMILES string of the molecule is CCCCCCCC1OOC(C(=O)OC)ON1Cc1ccccc1. The maximum absolute atomic E-state index is 11.6. The van der Waals surface area contributed by atoms with Crippen molar-refractivity contribution < 1.29 is 24.1 Å². The molecule has 1 aromatic carbocycles. The van der Waals surface area contributed by atoms with E-state index >= 15 is 0 Å². The Balaban J connectivity index is 1.92. The predicted octanol–water partition coefficient (Wildman–Crippen LogP) is 3.57. The normalized spacial score (nSPS) is 21.6. The second kappa shape index (κ2) is 10.4. The monoisotopic (exact) mass is 337 g/mol. The van der Waals surface area contributed by atoms with Crippen LogP contribution in [-0.2, 0) is 30.7 Å². The lowest BCUT2D eigenvalue weighted by Gasteiger charge is -2.36. The van der Waals surface area contributed by atoms with Crippen LogP contribution in [0.4, 0.5) is 0 Å². The van der Waals surface area contributed by atoms with Crippen LogP contribution in [0.3, 0.4) is 0 Å². The molecule has 0 N–H and O–H groups in total. The first-order valence-electron chi connectivity index (χ1n) is 8.62. The van der Waals surface area contributed by atoms with Crippen LogP contribution in [0.1, 0.15) is 51.0 Å². The lowest BCUT2D eigenvalue weighted by atomic mass is 10.1. The van der Waals surface area contributed by atoms with Gasteiger partial charge >= 0.3 is 12.3 Å². The molecule has 1 heterocycles. The number of carbonyl (C=O) groups is 1. The number of carbonyl (C=O) groups excluding carboxylic acids is 1. The van der Waals surface area contributed by atoms with E-state index in [2.05, 4.69) is 11.7 Å². The zero-order valence-electron chi connectivity index (χ0n) is 14.5. The molecule has 0 saturated carbocycles. The van der Waals surface area contributed by atoms with Gasteiger partial charge in [-0.05, 0) is 18.4 Å². The van der Waals surface area contributed by atoms with E-state index in [1.807, 2.05) is 30.3 Å². The summed E-state index contributed by atoms with van der Waals surface area (Å²) in [7, 11) is 1.29. The number of methoxy groups -OCH3 is 1. The first-order valence-corrected chi connectivity index (χ1v) is 8.62. The number of hydrogen-bond donors (Lipinski definition) is 0. The molecule has 2 atom stereocenters. The van der Waals surface area contributed by atoms with Crippen LogP contribution in [0.15, 0.2) is 30.3 Å². The van der Waals surface area contributed by atoms with Crippen LogP contribution in [0, 0.1) is 0 Å². The number of nitrogens with zero attached hydrogens (tertiary/aromatic N) is 1. The van der Waals surface area contributed by atoms with E-state index in [0.717, 1.165) is 24.8 Å². The van der Waals surface area contributed by atoms with Gasteiger partial charge in [0.25, 0.3) is 0 Å². The van der Waals surface area contributed by atoms with Crippen LogP contribution < -0.4 is 0 Å². The highest BCUT2D eigenvalue weighted by atomic mass is 17.3. The zero-order valence-corrected chi connectivity index (χ0v) is 14.5. The van der Waals surface area contributed by atoms with E-state index in [9.17, 15) is 4.79 Å². The van der Waals surface area contributed by atoms with Gasteiger partial charge in [-0.3, -0.25) is 0 Å². The van der Waals surface area contributed by atoms with Gasteiger partial charge in [-0.15, -0.1) is 5.06 Å². The highest BCUT2D eigenvalue weighted by Gasteiger charge is 2.36. The summed E-state index contributed by atoms with van der Waals surface area (Å²) in [4.78, 5) is 27.7. The van der Waals surface area contributed by atoms with Crippen molar-refractivity contribution >= 4 is 5.97 Å². The number of ether oxygens (including phenoxy) is 1. The van der Waals surface area contributed by atoms with E-state index in [-0.39, 0.29) is 6.23 Å². The van der Waals surface area contributed by atoms with Gasteiger partial charge < -0.3 is 4.74 Å². The molecule has 2 unspecified atom stereocenters. The van der Waals surface area contributed by atoms with Crippen LogP contribution in [-0.4, -0.2) is 30.7 Å². The van der Waals surface area contributed by atoms with Gasteiger partial charge in [-0.2, -0.15) is 4.89 Å². The van der Waals surface area contributed by atoms with Crippen molar-refractivity contribution in [2.75, 3.05) is 7.11 Å². The first kappa shape index (κ1) is 18.9. The van der Waals surface area contributed by atoms with Crippen LogP contribution in [0.25, 0.3) is 0 Å². The molecule has 2 rings (SSSR count). The third-order valence-electron chi connectivity index (χ3n) is 3.94. The summed E-state index contributed by atoms with van der Waals surface area (Å²) < 4.78 is 4.65. The second-order valence-corrected chi connectivity index (χ2v) is 5.87. The van der Waals surface area contributed by atoms with E-state index in [1.54, 1.807) is 5.06 Å². The van der Waals surface area contributed by atoms with Gasteiger partial charge in [0.2, 0.25) is 0 Å². The molecule has 1 fully saturated rings. The third kappa shape index (κ3) is 5.87. The van der Waals surface area contributed by atoms with E-state index in [0.29, 0.717) is 6.54 Å². The van der Waals surface area contributed by atoms with Crippen molar-refractivity contribution in [3.63, 3.8) is 0 Å². The Morgan fingerprint density at radius 1 is 1.12 bits per heavy atom. The highest BCUT2D eigenvalue weighted by Crippen LogP contribution is 2.23. The van der Waals surface area contributed by atoms with Gasteiger partial charge in [0.1, 0.15) is 0 Å². The smallest absolute Gasteiger partial charge is 0.367 e. The van der Waals surface area contributed by atoms with Crippen molar-refractivity contribution in [1.82, 2.24) is 5.06 Å². The maximum Gasteiger partial charge on any atom is 0.367 e. The molecular formula is C18H27NO5. The number of hydroxylamine groups is 2. The van der Waals surface area contributed by atoms with Crippen molar-refractivity contribution in [2.24, 2.45) is 0 Å². The molecule has 134 valence electrons. The molecule has 0 amide bonds. The summed E-state index contributed by atoms with van der Waals surface area (Å²) in [5, 5.41) is 1.67. The number of rotatable bonds is 9. The molecule has 0 radical (unpaired) electrons. The lowest BCUT2D eigenvalue weighted by molar-refractivity contribution is -0.518. The van der Waals surface area contributed by atoms with Gasteiger partial charge in [-0.1, -0.05) is 62.9 Å². The molecule has 1 saturated heterocycles. The van der Waals surface area contributed by atoms with Crippen LogP contribution >= 0.6 is 0 Å². The summed E-state index contributed by atoms with van der Waals surface area (Å²) in [6.45, 7) is 2.71. The molecule has 0 aliphatic carbocycles. The Labute approximate surface area is 143 Å². The number of benzene rings is 1. The highest BCUT2D eigenvalue weighted by molar-refractivity contribution is 5.72. The quantitative estimate of drug-likeness (QED) is 0.390. The summed E-state index contributed by atoms with van der Waals surface area (Å²) in [6.07, 6.45) is 5.10. The summed E-state index contributed by atoms with van der Waals surface area (Å²) in [6, 6.07) is 9.90. The average Bonchev–Trinajstić information content (AvgIpc) is 2.62. The largest absolute Gasteiger partial charge is 0.465 e. The first-order chi connectivity index (χ1) is 11.7. The fourth-order valence-electron chi connectivity index (χ4n) is 2.57. The summed E-state index contributed by atoms with van der Waals surface area (Å²) in [5.74, 6) is -0.616. The molecule has 1 aliphatic rings. The molecule has 24 heavy (non-hydrogen) atoms. The fraction of sp³-hybridized carbons (Fsp3) is 0.611. The minimum Gasteiger partial charge on any atom is -0.465 e. The summed E-state index contributed by atoms with van der Waals surface area (Å²) in [5.41, 5.74) is 1.07. The molecular weight excluding hydrogens is 310 g/mol. The van der Waals surface area contributed by atoms with Crippen molar-refractivity contribution in [3.8, 4) is 0 Å². The zero-order chi connectivity index (χ0) is 17.2. The minimum atomic E-state index is -1.19. The van der Waals surface area contributed by atoms with Crippen LogP contribution in [0.2, 0.25) is 0 Å². The molecule has 0 bridgehead atoms. The van der Waals surface area contributed by atoms with Gasteiger partial charge in [-0.25, -0.2) is 14.5 Å². The molecule has 6 nitrogen and oxygen atoms in total. The van der Waals surface area contributed by atoms with E-state index in [1.165, 1.54) is 26.4 Å². The van der Waals surface area contributed by atoms with Crippen molar-refractivity contribution in [1.29, 1.82) is 0 Å². The fourth-order valence-corrected chi connectivity index (χ4v) is 2.57.